The third-order valence-corrected chi connectivity index (χ3v) is 24.2. The molecule has 4 unspecified atom stereocenters. The molecular weight excluding hydrogens is 1680 g/mol. The van der Waals surface area contributed by atoms with E-state index in [4.69, 9.17) is 73.7 Å². The number of carboxylic acids is 1. The molecule has 3 fully saturated rings. The molecule has 1 aliphatic carbocycles. The zero-order chi connectivity index (χ0) is 89.4. The van der Waals surface area contributed by atoms with E-state index in [0.29, 0.717) is 5.02 Å². The smallest absolute Gasteiger partial charge is 0.330 e. The maximum atomic E-state index is 16.6. The lowest BCUT2D eigenvalue weighted by atomic mass is 9.79. The zero-order valence-electron chi connectivity index (χ0n) is 68.1. The Hall–Kier alpha value is -10.5. The summed E-state index contributed by atoms with van der Waals surface area (Å²) in [5, 5.41) is 138. The highest BCUT2D eigenvalue weighted by Crippen LogP contribution is 2.51. The van der Waals surface area contributed by atoms with Crippen molar-refractivity contribution in [3.05, 3.63) is 176 Å². The first kappa shape index (κ1) is 91.2. The summed E-state index contributed by atoms with van der Waals surface area (Å²) < 4.78 is 47.0. The summed E-state index contributed by atoms with van der Waals surface area (Å²) in [4.78, 5) is 121. The van der Waals surface area contributed by atoms with E-state index in [9.17, 15) is 65.4 Å². The molecule has 7 aromatic carbocycles. The van der Waals surface area contributed by atoms with Gasteiger partial charge in [0.05, 0.1) is 53.5 Å². The van der Waals surface area contributed by atoms with Gasteiger partial charge in [-0.3, -0.25) is 33.6 Å². The van der Waals surface area contributed by atoms with Crippen molar-refractivity contribution in [3.63, 3.8) is 0 Å². The summed E-state index contributed by atoms with van der Waals surface area (Å²) in [6.07, 6.45) is -19.7. The van der Waals surface area contributed by atoms with Crippen LogP contribution in [0.4, 0.5) is 0 Å². The second-order valence-electron chi connectivity index (χ2n) is 32.8. The Bertz CT molecular complexity index is 5180. The molecule has 7 amide bonds. The normalized spacial score (nSPS) is 29.3. The van der Waals surface area contributed by atoms with Crippen molar-refractivity contribution < 1.29 is 123 Å². The number of aliphatic hydroxyl groups excluding tert-OH is 6. The van der Waals surface area contributed by atoms with Gasteiger partial charge in [-0.15, -0.1) is 0 Å². The van der Waals surface area contributed by atoms with E-state index in [2.05, 4.69) is 42.5 Å². The van der Waals surface area contributed by atoms with E-state index in [1.165, 1.54) is 37.4 Å². The van der Waals surface area contributed by atoms with Gasteiger partial charge in [0.1, 0.15) is 89.5 Å². The van der Waals surface area contributed by atoms with E-state index in [1.54, 1.807) is 39.8 Å². The molecule has 0 radical (unpaired) electrons. The Kier molecular flexibility index (Phi) is 28.0. The number of aliphatic hydroxyl groups is 6. The Morgan fingerprint density at radius 1 is 0.645 bits per heavy atom. The van der Waals surface area contributed by atoms with Crippen molar-refractivity contribution in [1.29, 1.82) is 0 Å². The molecule has 22 atom stereocenters. The van der Waals surface area contributed by atoms with Crippen LogP contribution in [0.5, 0.6) is 46.0 Å². The predicted molar refractivity (Wildman–Crippen MR) is 445 cm³/mol. The average Bonchev–Trinajstić information content (AvgIpc) is 0.764. The second-order valence-corrected chi connectivity index (χ2v) is 34.1. The third-order valence-electron chi connectivity index (χ3n) is 23.3. The number of hydrogen-bond acceptors (Lipinski definition) is 26. The van der Waals surface area contributed by atoms with E-state index in [1.807, 2.05) is 50.2 Å². The molecule has 0 aromatic heterocycles. The number of fused-ring (bicyclic) bond motifs is 15. The van der Waals surface area contributed by atoms with Crippen molar-refractivity contribution in [2.45, 2.75) is 202 Å². The molecular formula is C87H98Cl3N9O25. The minimum absolute atomic E-state index is 0.0355. The summed E-state index contributed by atoms with van der Waals surface area (Å²) >= 11 is 20.9. The number of rotatable bonds is 19. The first-order valence-corrected chi connectivity index (χ1v) is 41.4. The molecule has 0 spiro atoms. The van der Waals surface area contributed by atoms with Crippen LogP contribution in [0.25, 0.3) is 22.3 Å². The summed E-state index contributed by atoms with van der Waals surface area (Å²) in [5.74, 6) is -16.5. The summed E-state index contributed by atoms with van der Waals surface area (Å²) in [7, 11) is 1.48. The van der Waals surface area contributed by atoms with Crippen LogP contribution in [0, 0.1) is 17.8 Å². The number of aliphatic carboxylic acids is 1. The van der Waals surface area contributed by atoms with Crippen molar-refractivity contribution in [2.24, 2.45) is 23.5 Å². The van der Waals surface area contributed by atoms with Gasteiger partial charge in [0.25, 0.3) is 0 Å². The second kappa shape index (κ2) is 38.1. The highest BCUT2D eigenvalue weighted by molar-refractivity contribution is 6.32. The number of phenols is 3. The molecule has 15 rings (SSSR count). The SMILES string of the molecule is CN[C@H](CC(C)C)C(=O)N[C@H]1C(=O)N[C@@H](CC(N)=O)C(=O)N[C@H]2C(=O)N[C@H]3C(=O)NC(C(=O)N[C@@H](C(=O)O)c4cc(O)cc(O)c4-c4cc3ccc4O)[C@H](OC3CC(C)C(O)[C@H](C)C3)c3ccc(c(Cl)c3)Oc3cc2cc(c3O[C@@H]2O[C@H](CO)[C@@H](O)[C@H](O)[C@H]2O[C@H]2C[C@](C)(NCc3ccc(-c4ccc(Cl)cc4)cc3)[C@@H](O)[C@H](C)O2)Oc2ccc(cc2Cl)[C@H]1O. The average molecular weight is 1780 g/mol. The van der Waals surface area contributed by atoms with Crippen LogP contribution in [0.3, 0.4) is 0 Å². The van der Waals surface area contributed by atoms with Crippen molar-refractivity contribution in [1.82, 2.24) is 42.5 Å². The van der Waals surface area contributed by atoms with E-state index < -0.39 is 250 Å². The molecule has 11 bridgehead atoms. The quantitative estimate of drug-likeness (QED) is 0.0436. The van der Waals surface area contributed by atoms with E-state index >= 15 is 24.0 Å². The number of primary amides is 1. The zero-order valence-corrected chi connectivity index (χ0v) is 70.4. The van der Waals surface area contributed by atoms with Crippen LogP contribution in [0.1, 0.15) is 137 Å². The Morgan fingerprint density at radius 2 is 1.25 bits per heavy atom. The van der Waals surface area contributed by atoms with Crippen LogP contribution in [-0.2, 0) is 63.8 Å². The first-order chi connectivity index (χ1) is 58.9. The molecule has 2 saturated heterocycles. The van der Waals surface area contributed by atoms with Gasteiger partial charge in [-0.05, 0) is 164 Å². The topological polar surface area (TPSA) is 526 Å². The number of likely N-dealkylation sites (N-methyl/N-ethyl adjacent to an activating group) is 1. The Labute approximate surface area is 726 Å². The molecule has 1 saturated carbocycles. The van der Waals surface area contributed by atoms with Crippen molar-refractivity contribution >= 4 is 82.1 Å². The van der Waals surface area contributed by atoms with Crippen molar-refractivity contribution in [2.75, 3.05) is 13.7 Å². The van der Waals surface area contributed by atoms with Crippen LogP contribution in [-0.4, -0.2) is 203 Å². The summed E-state index contributed by atoms with van der Waals surface area (Å²) in [5.41, 5.74) is 4.77. The lowest BCUT2D eigenvalue weighted by Crippen LogP contribution is -2.65. The predicted octanol–water partition coefficient (Wildman–Crippen LogP) is 6.08. The third kappa shape index (κ3) is 19.9. The Balaban J connectivity index is 1.01. The number of carbonyl (C=O) groups is 8. The van der Waals surface area contributed by atoms with Crippen LogP contribution in [0.2, 0.25) is 15.1 Å². The van der Waals surface area contributed by atoms with Crippen molar-refractivity contribution in [3.8, 4) is 68.2 Å². The number of phenolic OH excluding ortho intramolecular Hbond substituents is 3. The van der Waals surface area contributed by atoms with Crippen LogP contribution < -0.4 is 62.5 Å². The molecule has 7 aliphatic heterocycles. The number of nitrogens with two attached hydrogens (primary N) is 1. The minimum Gasteiger partial charge on any atom is -0.508 e. The maximum Gasteiger partial charge on any atom is 0.330 e. The number of aromatic hydroxyl groups is 3. The number of ether oxygens (including phenoxy) is 7. The summed E-state index contributed by atoms with van der Waals surface area (Å²) in [6.45, 7) is 9.70. The lowest BCUT2D eigenvalue weighted by molar-refractivity contribution is -0.334. The van der Waals surface area contributed by atoms with Gasteiger partial charge in [-0.25, -0.2) is 4.79 Å². The van der Waals surface area contributed by atoms with Gasteiger partial charge in [0.2, 0.25) is 53.4 Å². The highest BCUT2D eigenvalue weighted by Gasteiger charge is 2.53. The molecule has 662 valence electrons. The van der Waals surface area contributed by atoms with Crippen LogP contribution >= 0.6 is 34.8 Å². The fraction of sp³-hybridized carbons (Fsp3) is 0.425. The number of carbonyl (C=O) groups excluding carboxylic acids is 7. The van der Waals surface area contributed by atoms with Gasteiger partial charge >= 0.3 is 5.97 Å². The maximum absolute atomic E-state index is 16.6. The van der Waals surface area contributed by atoms with Gasteiger partial charge in [-0.1, -0.05) is 117 Å². The standard InChI is InChI=1S/C87H98Cl3N9O25/c1-36(2)22-54(92-7)79(110)98-69-72(106)44-15-20-58(52(89)26-44)120-60-28-46-29-61(76(60)124-86-77(74(108)73(107)62(35-100)122-86)123-64-33-87(6,78(109)39(5)118-64)93-34-40-8-10-41(11-9-40)42-12-17-47(88)18-13-42)121-59-21-16-45(27-53(59)90)75(119-49-23-37(3)71(105)38(4)24-49)70-84(115)97-68(85(116)117)51-30-48(101)31-57(103)65(51)50-25-43(14-19-56(50)102)66(81(112)99-70)96-82(113)67(46)95-80(111)55(32-63(91)104)94-83(69)114/h8-21,25-31,36-39,49,54-55,62,64,66-75,77-78,86,92-93,100-103,105-109H,22-24,32-35H2,1-7H3,(H2,91,104)(H,94,114)(H,95,111)(H,96,113)(H,97,115)(H,98,110)(H,99,112)(H,116,117)/t37-,38?,39+,49?,54-,55+,62-,64+,66-,67-,68-,69-,70?,71?,72-,73-,74+,75-,77-,78+,86+,87+/m1/s1. The highest BCUT2D eigenvalue weighted by atomic mass is 35.5. The molecule has 34 nitrogen and oxygen atoms in total. The van der Waals surface area contributed by atoms with Gasteiger partial charge in [-0.2, -0.15) is 0 Å². The van der Waals surface area contributed by atoms with Crippen LogP contribution in [0.15, 0.2) is 127 Å². The molecule has 124 heavy (non-hydrogen) atoms. The summed E-state index contributed by atoms with van der Waals surface area (Å²) in [6, 6.07) is 15.4. The number of benzene rings is 7. The van der Waals surface area contributed by atoms with Gasteiger partial charge in [0, 0.05) is 46.3 Å². The number of hydrogen-bond donors (Lipinski definition) is 19. The largest absolute Gasteiger partial charge is 0.508 e. The monoisotopic (exact) mass is 1770 g/mol. The number of nitrogens with one attached hydrogen (secondary N) is 8. The minimum atomic E-state index is -2.37. The first-order valence-electron chi connectivity index (χ1n) is 40.3. The fourth-order valence-corrected chi connectivity index (χ4v) is 17.2. The Morgan fingerprint density at radius 3 is 1.86 bits per heavy atom. The number of amides is 7. The van der Waals surface area contributed by atoms with Gasteiger partial charge in [0.15, 0.2) is 29.9 Å². The molecule has 7 aromatic rings. The number of carboxylic acid groups (broad SMARTS) is 1. The lowest BCUT2D eigenvalue weighted by Gasteiger charge is -2.48. The fourth-order valence-electron chi connectivity index (χ4n) is 16.6. The van der Waals surface area contributed by atoms with Gasteiger partial charge < -0.3 is 132 Å². The van der Waals surface area contributed by atoms with E-state index in [0.717, 1.165) is 65.2 Å². The molecule has 7 heterocycles. The molecule has 20 N–H and O–H groups in total. The number of halogens is 3. The molecule has 8 aliphatic rings. The van der Waals surface area contributed by atoms with E-state index in [-0.39, 0.29) is 76.4 Å². The molecule has 37 heteroatoms.